The Kier molecular flexibility index (Phi) is 5.14. The molecule has 3 aliphatic heterocycles. The Hall–Kier alpha value is -1.86. The van der Waals surface area contributed by atoms with Crippen molar-refractivity contribution < 1.29 is 14.4 Å². The first-order valence-electron chi connectivity index (χ1n) is 11.1. The molecule has 6 nitrogen and oxygen atoms in total. The third kappa shape index (κ3) is 2.78. The van der Waals surface area contributed by atoms with Crippen molar-refractivity contribution in [3.8, 4) is 0 Å². The predicted molar refractivity (Wildman–Crippen MR) is 117 cm³/mol. The summed E-state index contributed by atoms with van der Waals surface area (Å²) in [6.07, 6.45) is 9.01. The van der Waals surface area contributed by atoms with Gasteiger partial charge in [0.1, 0.15) is 5.54 Å². The lowest BCUT2D eigenvalue weighted by molar-refractivity contribution is -0.145. The molecule has 0 bridgehead atoms. The normalized spacial score (nSPS) is 33.7. The van der Waals surface area contributed by atoms with Crippen LogP contribution in [0.15, 0.2) is 24.3 Å². The van der Waals surface area contributed by atoms with Crippen LogP contribution in [-0.4, -0.2) is 46.7 Å². The molecule has 0 aromatic heterocycles. The molecule has 7 heteroatoms. The zero-order valence-electron chi connectivity index (χ0n) is 17.4. The van der Waals surface area contributed by atoms with Crippen molar-refractivity contribution in [2.45, 2.75) is 62.6 Å². The summed E-state index contributed by atoms with van der Waals surface area (Å²) in [4.78, 5) is 42.4. The Balaban J connectivity index is 1.58. The molecule has 2 saturated heterocycles. The van der Waals surface area contributed by atoms with E-state index in [-0.39, 0.29) is 29.8 Å². The summed E-state index contributed by atoms with van der Waals surface area (Å²) in [6, 6.07) is 7.38. The second-order valence-corrected chi connectivity index (χ2v) is 10.0. The van der Waals surface area contributed by atoms with E-state index in [1.165, 1.54) is 0 Å². The second kappa shape index (κ2) is 7.68. The molecule has 3 amide bonds. The van der Waals surface area contributed by atoms with E-state index in [2.05, 4.69) is 10.6 Å². The Bertz CT molecular complexity index is 882. The second-order valence-electron chi connectivity index (χ2n) is 9.04. The van der Waals surface area contributed by atoms with E-state index in [0.29, 0.717) is 0 Å². The van der Waals surface area contributed by atoms with Gasteiger partial charge in [-0.3, -0.25) is 24.6 Å². The van der Waals surface area contributed by atoms with Crippen molar-refractivity contribution in [2.24, 2.45) is 11.8 Å². The number of imide groups is 1. The zero-order valence-corrected chi connectivity index (χ0v) is 18.2. The van der Waals surface area contributed by atoms with Crippen LogP contribution in [0.5, 0.6) is 0 Å². The number of amides is 3. The van der Waals surface area contributed by atoms with Gasteiger partial charge in [-0.05, 0) is 37.3 Å². The van der Waals surface area contributed by atoms with Crippen molar-refractivity contribution >= 4 is 35.2 Å². The Morgan fingerprint density at radius 3 is 2.53 bits per heavy atom. The summed E-state index contributed by atoms with van der Waals surface area (Å²) in [7, 11) is 0. The minimum Gasteiger partial charge on any atom is -0.324 e. The van der Waals surface area contributed by atoms with Crippen molar-refractivity contribution in [2.75, 3.05) is 17.3 Å². The number of carbonyl (C=O) groups is 3. The standard InChI is InChI=1S/C23H29N3O3S/c1-30-13-12-17-18-19(21(28)26(20(18)27)14-8-4-2-3-5-9-14)23(25-17)15-10-6-7-11-16(15)24-22(23)29/h6-7,10-11,14,17-19,25H,2-5,8-9,12-13H2,1H3,(H,24,29)/t17-,18+,19+,23+/m0/s1. The van der Waals surface area contributed by atoms with Crippen LogP contribution in [0.3, 0.4) is 0 Å². The number of rotatable bonds is 4. The van der Waals surface area contributed by atoms with E-state index >= 15 is 0 Å². The summed E-state index contributed by atoms with van der Waals surface area (Å²) >= 11 is 1.72. The number of fused-ring (bicyclic) bond motifs is 4. The highest BCUT2D eigenvalue weighted by Crippen LogP contribution is 2.54. The van der Waals surface area contributed by atoms with E-state index in [0.717, 1.165) is 61.9 Å². The highest BCUT2D eigenvalue weighted by molar-refractivity contribution is 7.98. The molecule has 160 valence electrons. The molecule has 1 aromatic rings. The molecule has 30 heavy (non-hydrogen) atoms. The fraction of sp³-hybridized carbons (Fsp3) is 0.609. The molecule has 3 heterocycles. The average molecular weight is 428 g/mol. The van der Waals surface area contributed by atoms with Gasteiger partial charge < -0.3 is 5.32 Å². The number of hydrogen-bond acceptors (Lipinski definition) is 5. The van der Waals surface area contributed by atoms with E-state index in [9.17, 15) is 14.4 Å². The van der Waals surface area contributed by atoms with E-state index in [1.54, 1.807) is 16.7 Å². The zero-order chi connectivity index (χ0) is 20.9. The van der Waals surface area contributed by atoms with Gasteiger partial charge >= 0.3 is 0 Å². The van der Waals surface area contributed by atoms with Gasteiger partial charge in [-0.15, -0.1) is 0 Å². The minimum atomic E-state index is -1.14. The largest absolute Gasteiger partial charge is 0.324 e. The molecule has 4 atom stereocenters. The average Bonchev–Trinajstić information content (AvgIpc) is 3.21. The first-order valence-corrected chi connectivity index (χ1v) is 12.5. The van der Waals surface area contributed by atoms with Gasteiger partial charge in [0.25, 0.3) is 0 Å². The summed E-state index contributed by atoms with van der Waals surface area (Å²) in [5, 5.41) is 6.48. The lowest BCUT2D eigenvalue weighted by atomic mass is 9.76. The van der Waals surface area contributed by atoms with Crippen molar-refractivity contribution in [1.82, 2.24) is 10.2 Å². The highest BCUT2D eigenvalue weighted by atomic mass is 32.2. The number of benzene rings is 1. The monoisotopic (exact) mass is 427 g/mol. The predicted octanol–water partition coefficient (Wildman–Crippen LogP) is 2.88. The van der Waals surface area contributed by atoms with Crippen LogP contribution < -0.4 is 10.6 Å². The third-order valence-electron chi connectivity index (χ3n) is 7.48. The Morgan fingerprint density at radius 2 is 1.80 bits per heavy atom. The summed E-state index contributed by atoms with van der Waals surface area (Å²) in [5.41, 5.74) is 0.407. The van der Waals surface area contributed by atoms with Gasteiger partial charge in [-0.1, -0.05) is 43.9 Å². The lowest BCUT2D eigenvalue weighted by Crippen LogP contribution is -2.54. The van der Waals surface area contributed by atoms with Crippen molar-refractivity contribution in [3.05, 3.63) is 29.8 Å². The highest BCUT2D eigenvalue weighted by Gasteiger charge is 2.70. The molecule has 4 aliphatic rings. The van der Waals surface area contributed by atoms with E-state index in [1.807, 2.05) is 30.5 Å². The molecular weight excluding hydrogens is 398 g/mol. The van der Waals surface area contributed by atoms with Gasteiger partial charge in [0.15, 0.2) is 0 Å². The molecule has 0 unspecified atom stereocenters. The Morgan fingerprint density at radius 1 is 1.07 bits per heavy atom. The van der Waals surface area contributed by atoms with Gasteiger partial charge in [0.2, 0.25) is 17.7 Å². The minimum absolute atomic E-state index is 0.0175. The maximum atomic E-state index is 13.8. The van der Waals surface area contributed by atoms with Gasteiger partial charge in [0, 0.05) is 23.3 Å². The van der Waals surface area contributed by atoms with Crippen LogP contribution >= 0.6 is 11.8 Å². The fourth-order valence-electron chi connectivity index (χ4n) is 6.15. The Labute approximate surface area is 181 Å². The summed E-state index contributed by atoms with van der Waals surface area (Å²) in [6.45, 7) is 0. The molecule has 0 radical (unpaired) electrons. The van der Waals surface area contributed by atoms with Crippen LogP contribution in [0.25, 0.3) is 0 Å². The first kappa shape index (κ1) is 20.1. The molecule has 5 rings (SSSR count). The van der Waals surface area contributed by atoms with Crippen molar-refractivity contribution in [1.29, 1.82) is 0 Å². The molecule has 3 fully saturated rings. The van der Waals surface area contributed by atoms with Crippen LogP contribution in [0, 0.1) is 11.8 Å². The quantitative estimate of drug-likeness (QED) is 0.571. The number of para-hydroxylation sites is 1. The lowest BCUT2D eigenvalue weighted by Gasteiger charge is -2.32. The summed E-state index contributed by atoms with van der Waals surface area (Å²) < 4.78 is 0. The van der Waals surface area contributed by atoms with E-state index in [4.69, 9.17) is 0 Å². The molecular formula is C23H29N3O3S. The molecule has 2 N–H and O–H groups in total. The summed E-state index contributed by atoms with van der Waals surface area (Å²) in [5.74, 6) is -0.666. The van der Waals surface area contributed by atoms with Crippen LogP contribution in [0.4, 0.5) is 5.69 Å². The van der Waals surface area contributed by atoms with Gasteiger partial charge in [-0.2, -0.15) is 11.8 Å². The van der Waals surface area contributed by atoms with Crippen LogP contribution in [0.2, 0.25) is 0 Å². The SMILES string of the molecule is CSCC[C@@H]1N[C@@]2(C(=O)Nc3ccccc32)[C@H]2C(=O)N(C3CCCCCC3)C(=O)[C@H]12. The number of nitrogens with one attached hydrogen (secondary N) is 2. The van der Waals surface area contributed by atoms with Gasteiger partial charge in [-0.25, -0.2) is 0 Å². The van der Waals surface area contributed by atoms with E-state index < -0.39 is 17.4 Å². The topological polar surface area (TPSA) is 78.5 Å². The maximum Gasteiger partial charge on any atom is 0.250 e. The first-order chi connectivity index (χ1) is 14.6. The molecule has 1 saturated carbocycles. The number of anilines is 1. The molecule has 1 aliphatic carbocycles. The van der Waals surface area contributed by atoms with Crippen LogP contribution in [0.1, 0.15) is 50.5 Å². The fourth-order valence-corrected chi connectivity index (χ4v) is 6.64. The molecule has 1 spiro atoms. The number of carbonyl (C=O) groups excluding carboxylic acids is 3. The molecule has 1 aromatic carbocycles. The van der Waals surface area contributed by atoms with Gasteiger partial charge in [0.05, 0.1) is 11.8 Å². The number of hydrogen-bond donors (Lipinski definition) is 2. The maximum absolute atomic E-state index is 13.8. The number of nitrogens with zero attached hydrogens (tertiary/aromatic N) is 1. The number of likely N-dealkylation sites (tertiary alicyclic amines) is 1. The van der Waals surface area contributed by atoms with Crippen molar-refractivity contribution in [3.63, 3.8) is 0 Å². The van der Waals surface area contributed by atoms with Crippen LogP contribution in [-0.2, 0) is 19.9 Å². The smallest absolute Gasteiger partial charge is 0.250 e. The number of thioether (sulfide) groups is 1. The third-order valence-corrected chi connectivity index (χ3v) is 8.12.